The van der Waals surface area contributed by atoms with Gasteiger partial charge in [-0.15, -0.1) is 0 Å². The molecule has 2 aromatic carbocycles. The molecule has 0 radical (unpaired) electrons. The van der Waals surface area contributed by atoms with Gasteiger partial charge in [0.15, 0.2) is 0 Å². The van der Waals surface area contributed by atoms with E-state index in [1.807, 2.05) is 24.3 Å². The minimum Gasteiger partial charge on any atom is -0.371 e. The molecule has 3 nitrogen and oxygen atoms in total. The first-order valence-corrected chi connectivity index (χ1v) is 8.10. The van der Waals surface area contributed by atoms with Crippen LogP contribution in [-0.4, -0.2) is 19.0 Å². The molecule has 0 bridgehead atoms. The Bertz CT molecular complexity index is 681. The molecule has 2 aromatic rings. The first-order valence-electron chi connectivity index (χ1n) is 8.10. The SMILES string of the molecule is O=C(CCc1cccc(F)c1)Nc1cccc(N2CCCC2)c1. The van der Waals surface area contributed by atoms with E-state index in [2.05, 4.69) is 16.3 Å². The number of halogens is 1. The van der Waals surface area contributed by atoms with Gasteiger partial charge < -0.3 is 10.2 Å². The summed E-state index contributed by atoms with van der Waals surface area (Å²) in [7, 11) is 0. The van der Waals surface area contributed by atoms with Crippen LogP contribution >= 0.6 is 0 Å². The molecule has 1 fully saturated rings. The lowest BCUT2D eigenvalue weighted by atomic mass is 10.1. The molecule has 0 aliphatic carbocycles. The molecule has 120 valence electrons. The van der Waals surface area contributed by atoms with Crippen molar-refractivity contribution in [2.24, 2.45) is 0 Å². The van der Waals surface area contributed by atoms with Crippen LogP contribution in [0.1, 0.15) is 24.8 Å². The number of hydrogen-bond acceptors (Lipinski definition) is 2. The van der Waals surface area contributed by atoms with Gasteiger partial charge in [0.25, 0.3) is 0 Å². The smallest absolute Gasteiger partial charge is 0.224 e. The number of nitrogens with zero attached hydrogens (tertiary/aromatic N) is 1. The summed E-state index contributed by atoms with van der Waals surface area (Å²) in [5, 5.41) is 2.93. The van der Waals surface area contributed by atoms with Gasteiger partial charge in [0, 0.05) is 30.9 Å². The number of anilines is 2. The van der Waals surface area contributed by atoms with Crippen LogP contribution in [0.2, 0.25) is 0 Å². The lowest BCUT2D eigenvalue weighted by Gasteiger charge is -2.18. The van der Waals surface area contributed by atoms with Crippen LogP contribution in [0.3, 0.4) is 0 Å². The topological polar surface area (TPSA) is 32.3 Å². The molecule has 4 heteroatoms. The van der Waals surface area contributed by atoms with Crippen LogP contribution in [0.25, 0.3) is 0 Å². The molecule has 1 aliphatic rings. The van der Waals surface area contributed by atoms with Gasteiger partial charge in [0.1, 0.15) is 5.82 Å². The monoisotopic (exact) mass is 312 g/mol. The molecular weight excluding hydrogens is 291 g/mol. The Kier molecular flexibility index (Phi) is 4.91. The molecule has 1 saturated heterocycles. The van der Waals surface area contributed by atoms with E-state index in [0.717, 1.165) is 30.0 Å². The van der Waals surface area contributed by atoms with Gasteiger partial charge in [0.2, 0.25) is 5.91 Å². The van der Waals surface area contributed by atoms with Gasteiger partial charge in [-0.05, 0) is 55.2 Å². The third kappa shape index (κ3) is 4.31. The van der Waals surface area contributed by atoms with E-state index in [9.17, 15) is 9.18 Å². The highest BCUT2D eigenvalue weighted by Crippen LogP contribution is 2.23. The van der Waals surface area contributed by atoms with Gasteiger partial charge in [-0.1, -0.05) is 18.2 Å². The fourth-order valence-electron chi connectivity index (χ4n) is 2.93. The van der Waals surface area contributed by atoms with Crippen molar-refractivity contribution in [2.45, 2.75) is 25.7 Å². The minimum atomic E-state index is -0.263. The number of nitrogens with one attached hydrogen (secondary N) is 1. The molecule has 1 amide bonds. The Labute approximate surface area is 136 Å². The fourth-order valence-corrected chi connectivity index (χ4v) is 2.93. The van der Waals surface area contributed by atoms with E-state index >= 15 is 0 Å². The molecule has 1 N–H and O–H groups in total. The Balaban J connectivity index is 1.56. The van der Waals surface area contributed by atoms with E-state index < -0.39 is 0 Å². The van der Waals surface area contributed by atoms with E-state index in [0.29, 0.717) is 12.8 Å². The highest BCUT2D eigenvalue weighted by Gasteiger charge is 2.12. The summed E-state index contributed by atoms with van der Waals surface area (Å²) in [6, 6.07) is 14.4. The number of amides is 1. The maximum atomic E-state index is 13.1. The predicted octanol–water partition coefficient (Wildman–Crippen LogP) is 4.00. The molecule has 1 heterocycles. The number of carbonyl (C=O) groups is 1. The van der Waals surface area contributed by atoms with Crippen molar-refractivity contribution in [3.8, 4) is 0 Å². The standard InChI is InChI=1S/C19H21FN2O/c20-16-6-3-5-15(13-16)9-10-19(23)21-17-7-4-8-18(14-17)22-11-1-2-12-22/h3-8,13-14H,1-2,9-12H2,(H,21,23). The van der Waals surface area contributed by atoms with Crippen molar-refractivity contribution in [2.75, 3.05) is 23.3 Å². The zero-order chi connectivity index (χ0) is 16.1. The molecule has 0 atom stereocenters. The summed E-state index contributed by atoms with van der Waals surface area (Å²) in [6.07, 6.45) is 3.33. The predicted molar refractivity (Wildman–Crippen MR) is 91.2 cm³/mol. The average Bonchev–Trinajstić information content (AvgIpc) is 3.08. The molecule has 23 heavy (non-hydrogen) atoms. The van der Waals surface area contributed by atoms with Gasteiger partial charge >= 0.3 is 0 Å². The van der Waals surface area contributed by atoms with E-state index in [1.54, 1.807) is 6.07 Å². The highest BCUT2D eigenvalue weighted by atomic mass is 19.1. The maximum absolute atomic E-state index is 13.1. The maximum Gasteiger partial charge on any atom is 0.224 e. The van der Waals surface area contributed by atoms with Crippen LogP contribution in [-0.2, 0) is 11.2 Å². The third-order valence-electron chi connectivity index (χ3n) is 4.13. The van der Waals surface area contributed by atoms with Crippen molar-refractivity contribution < 1.29 is 9.18 Å². The lowest BCUT2D eigenvalue weighted by molar-refractivity contribution is -0.116. The Morgan fingerprint density at radius 1 is 1.09 bits per heavy atom. The van der Waals surface area contributed by atoms with Gasteiger partial charge in [-0.25, -0.2) is 4.39 Å². The number of benzene rings is 2. The second-order valence-electron chi connectivity index (χ2n) is 5.92. The summed E-state index contributed by atoms with van der Waals surface area (Å²) in [4.78, 5) is 14.4. The van der Waals surface area contributed by atoms with Gasteiger partial charge in [-0.3, -0.25) is 4.79 Å². The van der Waals surface area contributed by atoms with Crippen molar-refractivity contribution in [1.82, 2.24) is 0 Å². The van der Waals surface area contributed by atoms with E-state index in [1.165, 1.54) is 25.0 Å². The molecule has 0 aromatic heterocycles. The average molecular weight is 312 g/mol. The van der Waals surface area contributed by atoms with Crippen LogP contribution in [0, 0.1) is 5.82 Å². The number of carbonyl (C=O) groups excluding carboxylic acids is 1. The van der Waals surface area contributed by atoms with Gasteiger partial charge in [0.05, 0.1) is 0 Å². The fraction of sp³-hybridized carbons (Fsp3) is 0.316. The Morgan fingerprint density at radius 3 is 2.65 bits per heavy atom. The molecule has 0 unspecified atom stereocenters. The first kappa shape index (κ1) is 15.5. The Morgan fingerprint density at radius 2 is 1.87 bits per heavy atom. The van der Waals surface area contributed by atoms with Crippen molar-refractivity contribution in [3.05, 3.63) is 59.9 Å². The van der Waals surface area contributed by atoms with Crippen LogP contribution in [0.5, 0.6) is 0 Å². The van der Waals surface area contributed by atoms with Crippen LogP contribution < -0.4 is 10.2 Å². The van der Waals surface area contributed by atoms with Crippen LogP contribution in [0.4, 0.5) is 15.8 Å². The van der Waals surface area contributed by atoms with Crippen molar-refractivity contribution in [3.63, 3.8) is 0 Å². The summed E-state index contributed by atoms with van der Waals surface area (Å²) in [5.41, 5.74) is 2.81. The Hall–Kier alpha value is -2.36. The minimum absolute atomic E-state index is 0.0483. The summed E-state index contributed by atoms with van der Waals surface area (Å²) in [5.74, 6) is -0.311. The largest absolute Gasteiger partial charge is 0.371 e. The molecule has 0 spiro atoms. The molecule has 1 aliphatic heterocycles. The summed E-state index contributed by atoms with van der Waals surface area (Å²) < 4.78 is 13.1. The molecule has 0 saturated carbocycles. The summed E-state index contributed by atoms with van der Waals surface area (Å²) >= 11 is 0. The lowest BCUT2D eigenvalue weighted by Crippen LogP contribution is -2.18. The highest BCUT2D eigenvalue weighted by molar-refractivity contribution is 5.91. The van der Waals surface area contributed by atoms with Gasteiger partial charge in [-0.2, -0.15) is 0 Å². The number of rotatable bonds is 5. The van der Waals surface area contributed by atoms with E-state index in [-0.39, 0.29) is 11.7 Å². The first-order chi connectivity index (χ1) is 11.2. The summed E-state index contributed by atoms with van der Waals surface area (Å²) in [6.45, 7) is 2.16. The number of hydrogen-bond donors (Lipinski definition) is 1. The zero-order valence-corrected chi connectivity index (χ0v) is 13.1. The van der Waals surface area contributed by atoms with Crippen molar-refractivity contribution in [1.29, 1.82) is 0 Å². The third-order valence-corrected chi connectivity index (χ3v) is 4.13. The number of aryl methyl sites for hydroxylation is 1. The quantitative estimate of drug-likeness (QED) is 0.905. The molecular formula is C19H21FN2O. The zero-order valence-electron chi connectivity index (χ0n) is 13.1. The second kappa shape index (κ2) is 7.27. The molecule has 3 rings (SSSR count). The normalized spacial score (nSPS) is 14.0. The van der Waals surface area contributed by atoms with E-state index in [4.69, 9.17) is 0 Å². The van der Waals surface area contributed by atoms with Crippen molar-refractivity contribution >= 4 is 17.3 Å². The second-order valence-corrected chi connectivity index (χ2v) is 5.92. The van der Waals surface area contributed by atoms with Crippen LogP contribution in [0.15, 0.2) is 48.5 Å².